The molecule has 0 unspecified atom stereocenters. The predicted octanol–water partition coefficient (Wildman–Crippen LogP) is 2.85. The van der Waals surface area contributed by atoms with Crippen molar-refractivity contribution in [2.45, 2.75) is 17.3 Å². The van der Waals surface area contributed by atoms with Gasteiger partial charge in [-0.15, -0.1) is 0 Å². The van der Waals surface area contributed by atoms with Crippen LogP contribution < -0.4 is 5.32 Å². The summed E-state index contributed by atoms with van der Waals surface area (Å²) in [5, 5.41) is 3.03. The van der Waals surface area contributed by atoms with Gasteiger partial charge in [0.15, 0.2) is 10.9 Å². The summed E-state index contributed by atoms with van der Waals surface area (Å²) in [5.41, 5.74) is 0.928. The highest BCUT2D eigenvalue weighted by Gasteiger charge is 2.15. The normalized spacial score (nSPS) is 10.4. The van der Waals surface area contributed by atoms with E-state index in [9.17, 15) is 14.0 Å². The summed E-state index contributed by atoms with van der Waals surface area (Å²) in [6.45, 7) is 0.115. The number of esters is 1. The minimum Gasteiger partial charge on any atom is -0.469 e. The van der Waals surface area contributed by atoms with Gasteiger partial charge in [0, 0.05) is 12.3 Å². The van der Waals surface area contributed by atoms with Crippen LogP contribution in [0.1, 0.15) is 22.5 Å². The maximum absolute atomic E-state index is 12.9. The van der Waals surface area contributed by atoms with E-state index >= 15 is 0 Å². The number of rotatable bonds is 7. The lowest BCUT2D eigenvalue weighted by atomic mass is 10.2. The third-order valence-corrected chi connectivity index (χ3v) is 4.27. The van der Waals surface area contributed by atoms with Gasteiger partial charge in [0.1, 0.15) is 5.82 Å². The quantitative estimate of drug-likeness (QED) is 0.450. The Labute approximate surface area is 153 Å². The Morgan fingerprint density at radius 2 is 2.04 bits per heavy atom. The summed E-state index contributed by atoms with van der Waals surface area (Å²) in [6.07, 6.45) is 1.40. The third kappa shape index (κ3) is 5.99. The monoisotopic (exact) mass is 383 g/mol. The number of halogens is 2. The molecule has 0 atom stereocenters. The SMILES string of the molecule is COC(=O)CCNC(=O)c1nc(SCc2ccc(F)cc2)ncc1Cl. The second kappa shape index (κ2) is 9.33. The minimum absolute atomic E-state index is 0.0307. The Bertz CT molecular complexity index is 759. The van der Waals surface area contributed by atoms with Crippen molar-refractivity contribution in [3.8, 4) is 0 Å². The van der Waals surface area contributed by atoms with E-state index < -0.39 is 11.9 Å². The van der Waals surface area contributed by atoms with Gasteiger partial charge in [0.2, 0.25) is 0 Å². The van der Waals surface area contributed by atoms with Gasteiger partial charge in [-0.05, 0) is 17.7 Å². The molecule has 2 aromatic rings. The topological polar surface area (TPSA) is 81.2 Å². The van der Waals surface area contributed by atoms with Gasteiger partial charge in [-0.3, -0.25) is 9.59 Å². The van der Waals surface area contributed by atoms with Crippen molar-refractivity contribution in [1.29, 1.82) is 0 Å². The molecule has 0 fully saturated rings. The number of nitrogens with one attached hydrogen (secondary N) is 1. The van der Waals surface area contributed by atoms with Crippen molar-refractivity contribution in [1.82, 2.24) is 15.3 Å². The molecule has 1 N–H and O–H groups in total. The molecule has 0 aliphatic carbocycles. The van der Waals surface area contributed by atoms with Gasteiger partial charge >= 0.3 is 5.97 Å². The average molecular weight is 384 g/mol. The lowest BCUT2D eigenvalue weighted by Gasteiger charge is -2.07. The third-order valence-electron chi connectivity index (χ3n) is 3.06. The van der Waals surface area contributed by atoms with Gasteiger partial charge in [-0.2, -0.15) is 0 Å². The number of amides is 1. The van der Waals surface area contributed by atoms with E-state index in [4.69, 9.17) is 11.6 Å². The summed E-state index contributed by atoms with van der Waals surface area (Å²) in [5.74, 6) is -0.711. The molecule has 2 rings (SSSR count). The van der Waals surface area contributed by atoms with Crippen molar-refractivity contribution in [2.75, 3.05) is 13.7 Å². The summed E-state index contributed by atoms with van der Waals surface area (Å²) in [7, 11) is 1.27. The van der Waals surface area contributed by atoms with Gasteiger partial charge in [0.05, 0.1) is 24.8 Å². The van der Waals surface area contributed by atoms with E-state index in [1.807, 2.05) is 0 Å². The first kappa shape index (κ1) is 19.1. The molecular weight excluding hydrogens is 369 g/mol. The van der Waals surface area contributed by atoms with E-state index in [1.165, 1.54) is 37.2 Å². The number of aromatic nitrogens is 2. The fourth-order valence-corrected chi connectivity index (χ4v) is 2.72. The smallest absolute Gasteiger partial charge is 0.307 e. The van der Waals surface area contributed by atoms with Crippen molar-refractivity contribution < 1.29 is 18.7 Å². The molecule has 0 saturated heterocycles. The van der Waals surface area contributed by atoms with Crippen LogP contribution in [0.25, 0.3) is 0 Å². The van der Waals surface area contributed by atoms with Crippen LogP contribution in [0.4, 0.5) is 4.39 Å². The molecule has 0 radical (unpaired) electrons. The molecule has 9 heteroatoms. The van der Waals surface area contributed by atoms with Gasteiger partial charge < -0.3 is 10.1 Å². The number of hydrogen-bond donors (Lipinski definition) is 1. The molecular formula is C16H15ClFN3O3S. The molecule has 132 valence electrons. The number of hydrogen-bond acceptors (Lipinski definition) is 6. The number of benzene rings is 1. The van der Waals surface area contributed by atoms with Crippen LogP contribution in [0.3, 0.4) is 0 Å². The first-order valence-corrected chi connectivity index (χ1v) is 8.60. The fraction of sp³-hybridized carbons (Fsp3) is 0.250. The maximum Gasteiger partial charge on any atom is 0.307 e. The van der Waals surface area contributed by atoms with Crippen LogP contribution >= 0.6 is 23.4 Å². The predicted molar refractivity (Wildman–Crippen MR) is 92.0 cm³/mol. The van der Waals surface area contributed by atoms with Crippen molar-refractivity contribution in [3.63, 3.8) is 0 Å². The highest BCUT2D eigenvalue weighted by atomic mass is 35.5. The van der Waals surface area contributed by atoms with Crippen LogP contribution in [-0.4, -0.2) is 35.5 Å². The maximum atomic E-state index is 12.9. The van der Waals surface area contributed by atoms with Gasteiger partial charge in [-0.1, -0.05) is 35.5 Å². The molecule has 0 saturated carbocycles. The molecule has 25 heavy (non-hydrogen) atoms. The molecule has 1 heterocycles. The molecule has 1 aromatic carbocycles. The van der Waals surface area contributed by atoms with Gasteiger partial charge in [0.25, 0.3) is 5.91 Å². The van der Waals surface area contributed by atoms with Crippen LogP contribution in [0.2, 0.25) is 5.02 Å². The fourth-order valence-electron chi connectivity index (χ4n) is 1.77. The zero-order valence-electron chi connectivity index (χ0n) is 13.3. The number of methoxy groups -OCH3 is 1. The zero-order valence-corrected chi connectivity index (χ0v) is 14.9. The first-order valence-electron chi connectivity index (χ1n) is 7.24. The van der Waals surface area contributed by atoms with Crippen LogP contribution in [0, 0.1) is 5.82 Å². The van der Waals surface area contributed by atoms with E-state index in [2.05, 4.69) is 20.0 Å². The summed E-state index contributed by atoms with van der Waals surface area (Å²) < 4.78 is 17.4. The number of carbonyl (C=O) groups excluding carboxylic acids is 2. The van der Waals surface area contributed by atoms with Crippen molar-refractivity contribution in [2.24, 2.45) is 0 Å². The van der Waals surface area contributed by atoms with Crippen LogP contribution in [0.5, 0.6) is 0 Å². The molecule has 0 aliphatic heterocycles. The molecule has 1 amide bonds. The Balaban J connectivity index is 1.97. The Morgan fingerprint density at radius 3 is 2.72 bits per heavy atom. The number of carbonyl (C=O) groups is 2. The first-order chi connectivity index (χ1) is 12.0. The Morgan fingerprint density at radius 1 is 1.32 bits per heavy atom. The van der Waals surface area contributed by atoms with Crippen molar-refractivity contribution in [3.05, 3.63) is 52.6 Å². The minimum atomic E-state index is -0.500. The van der Waals surface area contributed by atoms with E-state index in [1.54, 1.807) is 12.1 Å². The molecule has 0 bridgehead atoms. The highest BCUT2D eigenvalue weighted by Crippen LogP contribution is 2.22. The molecule has 0 aliphatic rings. The second-order valence-electron chi connectivity index (χ2n) is 4.85. The standard InChI is InChI=1S/C16H15ClFN3O3S/c1-24-13(22)6-7-19-15(23)14-12(17)8-20-16(21-14)25-9-10-2-4-11(18)5-3-10/h2-5,8H,6-7,9H2,1H3,(H,19,23). The largest absolute Gasteiger partial charge is 0.469 e. The number of nitrogens with zero attached hydrogens (tertiary/aromatic N) is 2. The molecule has 0 spiro atoms. The zero-order chi connectivity index (χ0) is 18.2. The average Bonchev–Trinajstić information content (AvgIpc) is 2.62. The second-order valence-corrected chi connectivity index (χ2v) is 6.20. The lowest BCUT2D eigenvalue weighted by molar-refractivity contribution is -0.140. The van der Waals surface area contributed by atoms with Gasteiger partial charge in [-0.25, -0.2) is 14.4 Å². The number of ether oxygens (including phenoxy) is 1. The van der Waals surface area contributed by atoms with E-state index in [0.29, 0.717) is 10.9 Å². The molecule has 1 aromatic heterocycles. The Hall–Kier alpha value is -2.19. The summed E-state index contributed by atoms with van der Waals surface area (Å²) >= 11 is 7.26. The lowest BCUT2D eigenvalue weighted by Crippen LogP contribution is -2.27. The van der Waals surface area contributed by atoms with Crippen molar-refractivity contribution >= 4 is 35.2 Å². The van der Waals surface area contributed by atoms with E-state index in [-0.39, 0.29) is 29.5 Å². The highest BCUT2D eigenvalue weighted by molar-refractivity contribution is 7.98. The van der Waals surface area contributed by atoms with Crippen LogP contribution in [0.15, 0.2) is 35.6 Å². The number of thioether (sulfide) groups is 1. The molecule has 6 nitrogen and oxygen atoms in total. The van der Waals surface area contributed by atoms with Crippen LogP contribution in [-0.2, 0) is 15.3 Å². The Kier molecular flexibility index (Phi) is 7.15. The van der Waals surface area contributed by atoms with E-state index in [0.717, 1.165) is 5.56 Å². The summed E-state index contributed by atoms with van der Waals surface area (Å²) in [4.78, 5) is 31.4. The summed E-state index contributed by atoms with van der Waals surface area (Å²) in [6, 6.07) is 6.08.